The fraction of sp³-hybridized carbons (Fsp3) is 0.250. The van der Waals surface area contributed by atoms with E-state index in [1.807, 2.05) is 0 Å². The zero-order chi connectivity index (χ0) is 20.5. The number of aliphatic hydroxyl groups is 1. The topological polar surface area (TPSA) is 105 Å². The van der Waals surface area contributed by atoms with E-state index < -0.39 is 30.5 Å². The van der Waals surface area contributed by atoms with Crippen LogP contribution in [-0.2, 0) is 19.1 Å². The van der Waals surface area contributed by atoms with Crippen LogP contribution in [0.5, 0.6) is 5.75 Å². The first-order valence-corrected chi connectivity index (χ1v) is 8.48. The summed E-state index contributed by atoms with van der Waals surface area (Å²) in [5.41, 5.74) is 0.897. The van der Waals surface area contributed by atoms with E-state index in [2.05, 4.69) is 5.32 Å². The van der Waals surface area contributed by atoms with Crippen molar-refractivity contribution in [3.8, 4) is 5.75 Å². The number of likely N-dealkylation sites (N-methyl/N-ethyl adjacent to an activating group) is 1. The summed E-state index contributed by atoms with van der Waals surface area (Å²) in [5.74, 6) is -1.34. The fourth-order valence-electron chi connectivity index (χ4n) is 2.30. The van der Waals surface area contributed by atoms with E-state index in [1.54, 1.807) is 54.6 Å². The van der Waals surface area contributed by atoms with Crippen molar-refractivity contribution in [2.45, 2.75) is 6.10 Å². The van der Waals surface area contributed by atoms with Crippen LogP contribution in [0, 0.1) is 0 Å². The molecule has 0 fully saturated rings. The monoisotopic (exact) mass is 386 g/mol. The number of methoxy groups -OCH3 is 1. The highest BCUT2D eigenvalue weighted by Crippen LogP contribution is 2.16. The van der Waals surface area contributed by atoms with Gasteiger partial charge in [-0.15, -0.1) is 0 Å². The van der Waals surface area contributed by atoms with Crippen molar-refractivity contribution in [2.24, 2.45) is 0 Å². The Labute approximate surface area is 162 Å². The van der Waals surface area contributed by atoms with E-state index in [9.17, 15) is 19.5 Å². The maximum atomic E-state index is 12.1. The molecule has 2 aromatic rings. The molecular formula is C20H22N2O6. The van der Waals surface area contributed by atoms with Gasteiger partial charge >= 0.3 is 5.97 Å². The van der Waals surface area contributed by atoms with Gasteiger partial charge in [-0.2, -0.15) is 0 Å². The molecule has 0 saturated carbocycles. The number of rotatable bonds is 8. The van der Waals surface area contributed by atoms with Crippen molar-refractivity contribution in [2.75, 3.05) is 32.6 Å². The van der Waals surface area contributed by atoms with Gasteiger partial charge < -0.3 is 24.8 Å². The summed E-state index contributed by atoms with van der Waals surface area (Å²) in [7, 11) is 2.93. The van der Waals surface area contributed by atoms with Gasteiger partial charge in [0.25, 0.3) is 5.91 Å². The first kappa shape index (κ1) is 20.9. The number of carbonyl (C=O) groups is 3. The van der Waals surface area contributed by atoms with Crippen LogP contribution in [0.2, 0.25) is 0 Å². The number of hydrogen-bond donors (Lipinski definition) is 2. The van der Waals surface area contributed by atoms with E-state index >= 15 is 0 Å². The maximum Gasteiger partial charge on any atom is 0.340 e. The van der Waals surface area contributed by atoms with E-state index in [1.165, 1.54) is 14.2 Å². The standard InChI is InChI=1S/C20H22N2O6/c1-22(12-17(23)21-15-9-6-10-16(11-15)27-2)18(24)13-28-20(26)19(25)14-7-4-3-5-8-14/h3-11,19,25H,12-13H2,1-2H3,(H,21,23)/t19-/m1/s1. The van der Waals surface area contributed by atoms with Gasteiger partial charge in [-0.25, -0.2) is 4.79 Å². The van der Waals surface area contributed by atoms with Gasteiger partial charge in [-0.3, -0.25) is 9.59 Å². The van der Waals surface area contributed by atoms with Crippen LogP contribution < -0.4 is 10.1 Å². The first-order valence-electron chi connectivity index (χ1n) is 8.48. The van der Waals surface area contributed by atoms with Crippen LogP contribution in [0.1, 0.15) is 11.7 Å². The summed E-state index contributed by atoms with van der Waals surface area (Å²) in [5, 5.41) is 12.6. The average Bonchev–Trinajstić information content (AvgIpc) is 2.71. The number of aliphatic hydroxyl groups excluding tert-OH is 1. The van der Waals surface area contributed by atoms with Gasteiger partial charge in [-0.05, 0) is 17.7 Å². The van der Waals surface area contributed by atoms with Crippen molar-refractivity contribution in [1.29, 1.82) is 0 Å². The molecule has 2 amide bonds. The smallest absolute Gasteiger partial charge is 0.340 e. The Hall–Kier alpha value is -3.39. The Morgan fingerprint density at radius 1 is 1.11 bits per heavy atom. The Morgan fingerprint density at radius 3 is 2.50 bits per heavy atom. The minimum Gasteiger partial charge on any atom is -0.497 e. The second-order valence-corrected chi connectivity index (χ2v) is 5.95. The second-order valence-electron chi connectivity index (χ2n) is 5.95. The van der Waals surface area contributed by atoms with Crippen LogP contribution in [0.4, 0.5) is 5.69 Å². The summed E-state index contributed by atoms with van der Waals surface area (Å²) in [4.78, 5) is 37.1. The van der Waals surface area contributed by atoms with Crippen LogP contribution in [0.25, 0.3) is 0 Å². The predicted octanol–water partition coefficient (Wildman–Crippen LogP) is 1.37. The molecule has 0 aliphatic heterocycles. The highest BCUT2D eigenvalue weighted by atomic mass is 16.5. The number of esters is 1. The molecule has 8 heteroatoms. The molecule has 0 spiro atoms. The highest BCUT2D eigenvalue weighted by Gasteiger charge is 2.21. The lowest BCUT2D eigenvalue weighted by atomic mass is 10.1. The second kappa shape index (κ2) is 10.1. The molecule has 0 aromatic heterocycles. The fourth-order valence-corrected chi connectivity index (χ4v) is 2.30. The summed E-state index contributed by atoms with van der Waals surface area (Å²) in [6, 6.07) is 15.0. The molecule has 2 rings (SSSR count). The van der Waals surface area contributed by atoms with Crippen LogP contribution >= 0.6 is 0 Å². The first-order chi connectivity index (χ1) is 13.4. The molecule has 0 aliphatic carbocycles. The lowest BCUT2D eigenvalue weighted by Crippen LogP contribution is -2.37. The number of hydrogen-bond acceptors (Lipinski definition) is 6. The lowest BCUT2D eigenvalue weighted by Gasteiger charge is -2.17. The van der Waals surface area contributed by atoms with Gasteiger partial charge in [0.05, 0.1) is 13.7 Å². The number of anilines is 1. The summed E-state index contributed by atoms with van der Waals surface area (Å²) in [6.07, 6.45) is -1.48. The maximum absolute atomic E-state index is 12.1. The Kier molecular flexibility index (Phi) is 7.53. The highest BCUT2D eigenvalue weighted by molar-refractivity contribution is 5.95. The predicted molar refractivity (Wildman–Crippen MR) is 102 cm³/mol. The third-order valence-corrected chi connectivity index (χ3v) is 3.84. The van der Waals surface area contributed by atoms with Crippen LogP contribution in [0.3, 0.4) is 0 Å². The number of amides is 2. The van der Waals surface area contributed by atoms with Gasteiger partial charge in [0.1, 0.15) is 5.75 Å². The average molecular weight is 386 g/mol. The molecule has 28 heavy (non-hydrogen) atoms. The number of nitrogens with one attached hydrogen (secondary N) is 1. The number of nitrogens with zero attached hydrogens (tertiary/aromatic N) is 1. The molecule has 2 N–H and O–H groups in total. The normalized spacial score (nSPS) is 11.2. The molecule has 2 aromatic carbocycles. The van der Waals surface area contributed by atoms with Gasteiger partial charge in [-0.1, -0.05) is 36.4 Å². The SMILES string of the molecule is COc1cccc(NC(=O)CN(C)C(=O)COC(=O)[C@H](O)c2ccccc2)c1. The van der Waals surface area contributed by atoms with Crippen molar-refractivity contribution < 1.29 is 29.0 Å². The molecule has 0 radical (unpaired) electrons. The number of ether oxygens (including phenoxy) is 2. The molecule has 0 bridgehead atoms. The third-order valence-electron chi connectivity index (χ3n) is 3.84. The van der Waals surface area contributed by atoms with Crippen molar-refractivity contribution in [1.82, 2.24) is 4.90 Å². The third kappa shape index (κ3) is 6.10. The minimum absolute atomic E-state index is 0.227. The molecule has 0 unspecified atom stereocenters. The molecule has 148 valence electrons. The Morgan fingerprint density at radius 2 is 1.82 bits per heavy atom. The van der Waals surface area contributed by atoms with Crippen LogP contribution in [-0.4, -0.2) is 55.1 Å². The lowest BCUT2D eigenvalue weighted by molar-refractivity contribution is -0.159. The number of carbonyl (C=O) groups excluding carboxylic acids is 3. The van der Waals surface area contributed by atoms with E-state index in [0.717, 1.165) is 4.90 Å². The van der Waals surface area contributed by atoms with E-state index in [-0.39, 0.29) is 6.54 Å². The largest absolute Gasteiger partial charge is 0.497 e. The molecule has 0 heterocycles. The van der Waals surface area contributed by atoms with Crippen molar-refractivity contribution in [3.05, 3.63) is 60.2 Å². The van der Waals surface area contributed by atoms with Gasteiger partial charge in [0.2, 0.25) is 5.91 Å². The van der Waals surface area contributed by atoms with Crippen LogP contribution in [0.15, 0.2) is 54.6 Å². The molecule has 0 aliphatic rings. The zero-order valence-electron chi connectivity index (χ0n) is 15.6. The van der Waals surface area contributed by atoms with Crippen molar-refractivity contribution in [3.63, 3.8) is 0 Å². The van der Waals surface area contributed by atoms with Gasteiger partial charge in [0.15, 0.2) is 12.7 Å². The summed E-state index contributed by atoms with van der Waals surface area (Å²) >= 11 is 0. The Balaban J connectivity index is 1.80. The van der Waals surface area contributed by atoms with Gasteiger partial charge in [0, 0.05) is 18.8 Å². The van der Waals surface area contributed by atoms with E-state index in [4.69, 9.17) is 9.47 Å². The number of benzene rings is 2. The zero-order valence-corrected chi connectivity index (χ0v) is 15.6. The van der Waals surface area contributed by atoms with Crippen molar-refractivity contribution >= 4 is 23.5 Å². The Bertz CT molecular complexity index is 824. The molecule has 0 saturated heterocycles. The van der Waals surface area contributed by atoms with E-state index in [0.29, 0.717) is 17.0 Å². The quantitative estimate of drug-likeness (QED) is 0.664. The molecule has 8 nitrogen and oxygen atoms in total. The minimum atomic E-state index is -1.48. The molecular weight excluding hydrogens is 364 g/mol. The summed E-state index contributed by atoms with van der Waals surface area (Å²) in [6.45, 7) is -0.805. The molecule has 1 atom stereocenters. The summed E-state index contributed by atoms with van der Waals surface area (Å²) < 4.78 is 9.92.